The van der Waals surface area contributed by atoms with E-state index < -0.39 is 24.1 Å². The smallest absolute Gasteiger partial charge is 0.408 e. The lowest BCUT2D eigenvalue weighted by Crippen LogP contribution is -2.54. The molecule has 3 aromatic rings. The zero-order chi connectivity index (χ0) is 25.9. The molecular formula is C29H32N2O4S. The zero-order valence-electron chi connectivity index (χ0n) is 20.8. The molecule has 0 saturated carbocycles. The van der Waals surface area contributed by atoms with Gasteiger partial charge in [0.1, 0.15) is 18.7 Å². The van der Waals surface area contributed by atoms with Gasteiger partial charge in [-0.1, -0.05) is 92.2 Å². The van der Waals surface area contributed by atoms with E-state index in [-0.39, 0.29) is 17.6 Å². The Balaban J connectivity index is 1.68. The number of thioether (sulfide) groups is 1. The molecule has 0 unspecified atom stereocenters. The van der Waals surface area contributed by atoms with Crippen LogP contribution in [-0.2, 0) is 27.4 Å². The Morgan fingerprint density at radius 1 is 0.806 bits per heavy atom. The van der Waals surface area contributed by atoms with Crippen LogP contribution in [0.4, 0.5) is 4.79 Å². The molecule has 2 atom stereocenters. The molecule has 0 bridgehead atoms. The van der Waals surface area contributed by atoms with Crippen molar-refractivity contribution in [2.45, 2.75) is 50.8 Å². The van der Waals surface area contributed by atoms with E-state index in [1.165, 1.54) is 0 Å². The average molecular weight is 505 g/mol. The molecule has 2 amide bonds. The van der Waals surface area contributed by atoms with E-state index in [1.807, 2.05) is 106 Å². The Kier molecular flexibility index (Phi) is 10.1. The van der Waals surface area contributed by atoms with Crippen LogP contribution in [0.2, 0.25) is 0 Å². The van der Waals surface area contributed by atoms with Gasteiger partial charge in [-0.25, -0.2) is 4.79 Å². The van der Waals surface area contributed by atoms with Crippen LogP contribution < -0.4 is 10.6 Å². The molecule has 0 fully saturated rings. The van der Waals surface area contributed by atoms with Crippen molar-refractivity contribution in [1.82, 2.24) is 10.6 Å². The van der Waals surface area contributed by atoms with Crippen LogP contribution in [0.15, 0.2) is 89.8 Å². The SMILES string of the molecule is Cc1ccc(SC(=O)[C@H](Cc2ccccc2)NC(=O)[C@@H](NC(=O)OCc2ccccc2)C(C)C)cc1. The second-order valence-electron chi connectivity index (χ2n) is 8.91. The third-order valence-electron chi connectivity index (χ3n) is 5.56. The van der Waals surface area contributed by atoms with Crippen LogP contribution in [-0.4, -0.2) is 29.2 Å². The molecule has 6 nitrogen and oxygen atoms in total. The number of hydrogen-bond donors (Lipinski definition) is 2. The van der Waals surface area contributed by atoms with E-state index in [1.54, 1.807) is 0 Å². The molecule has 0 saturated heterocycles. The fourth-order valence-corrected chi connectivity index (χ4v) is 4.31. The Morgan fingerprint density at radius 3 is 1.97 bits per heavy atom. The van der Waals surface area contributed by atoms with Gasteiger partial charge in [-0.15, -0.1) is 0 Å². The minimum Gasteiger partial charge on any atom is -0.445 e. The highest BCUT2D eigenvalue weighted by Crippen LogP contribution is 2.22. The molecule has 0 spiro atoms. The van der Waals surface area contributed by atoms with Crippen molar-refractivity contribution in [2.24, 2.45) is 5.92 Å². The van der Waals surface area contributed by atoms with Gasteiger partial charge in [0.25, 0.3) is 0 Å². The third-order valence-corrected chi connectivity index (χ3v) is 6.55. The summed E-state index contributed by atoms with van der Waals surface area (Å²) in [4.78, 5) is 39.7. The first-order valence-corrected chi connectivity index (χ1v) is 12.7. The van der Waals surface area contributed by atoms with Crippen LogP contribution >= 0.6 is 11.8 Å². The number of rotatable bonds is 10. The maximum Gasteiger partial charge on any atom is 0.408 e. The predicted molar refractivity (Wildman–Crippen MR) is 143 cm³/mol. The molecule has 0 aliphatic heterocycles. The summed E-state index contributed by atoms with van der Waals surface area (Å²) in [5, 5.41) is 5.36. The van der Waals surface area contributed by atoms with Crippen LogP contribution in [0.25, 0.3) is 0 Å². The number of benzene rings is 3. The normalized spacial score (nSPS) is 12.4. The topological polar surface area (TPSA) is 84.5 Å². The highest BCUT2D eigenvalue weighted by atomic mass is 32.2. The first kappa shape index (κ1) is 27.0. The monoisotopic (exact) mass is 504 g/mol. The van der Waals surface area contributed by atoms with Gasteiger partial charge in [0, 0.05) is 11.3 Å². The zero-order valence-corrected chi connectivity index (χ0v) is 21.6. The first-order valence-electron chi connectivity index (χ1n) is 11.9. The summed E-state index contributed by atoms with van der Waals surface area (Å²) >= 11 is 1.10. The van der Waals surface area contributed by atoms with Gasteiger partial charge < -0.3 is 15.4 Å². The number of carbonyl (C=O) groups is 3. The van der Waals surface area contributed by atoms with E-state index in [0.717, 1.165) is 33.3 Å². The van der Waals surface area contributed by atoms with Crippen LogP contribution in [0.3, 0.4) is 0 Å². The number of amides is 2. The Bertz CT molecular complexity index is 1130. The Labute approximate surface area is 216 Å². The van der Waals surface area contributed by atoms with E-state index in [2.05, 4.69) is 10.6 Å². The minimum atomic E-state index is -0.858. The Morgan fingerprint density at radius 2 is 1.39 bits per heavy atom. The van der Waals surface area contributed by atoms with E-state index >= 15 is 0 Å². The van der Waals surface area contributed by atoms with Crippen molar-refractivity contribution in [1.29, 1.82) is 0 Å². The summed E-state index contributed by atoms with van der Waals surface area (Å²) in [6, 6.07) is 24.9. The lowest BCUT2D eigenvalue weighted by atomic mass is 10.0. The number of hydrogen-bond acceptors (Lipinski definition) is 5. The van der Waals surface area contributed by atoms with Gasteiger partial charge in [-0.05, 0) is 47.9 Å². The molecule has 2 N–H and O–H groups in total. The van der Waals surface area contributed by atoms with Crippen LogP contribution in [0, 0.1) is 12.8 Å². The highest BCUT2D eigenvalue weighted by molar-refractivity contribution is 8.13. The van der Waals surface area contributed by atoms with E-state index in [4.69, 9.17) is 4.74 Å². The number of nitrogens with one attached hydrogen (secondary N) is 2. The molecular weight excluding hydrogens is 472 g/mol. The number of ether oxygens (including phenoxy) is 1. The third kappa shape index (κ3) is 8.57. The lowest BCUT2D eigenvalue weighted by Gasteiger charge is -2.25. The summed E-state index contributed by atoms with van der Waals surface area (Å²) < 4.78 is 5.29. The summed E-state index contributed by atoms with van der Waals surface area (Å²) in [6.07, 6.45) is -0.347. The molecule has 0 heterocycles. The van der Waals surface area contributed by atoms with Crippen molar-refractivity contribution < 1.29 is 19.1 Å². The highest BCUT2D eigenvalue weighted by Gasteiger charge is 2.29. The molecule has 36 heavy (non-hydrogen) atoms. The van der Waals surface area contributed by atoms with Crippen molar-refractivity contribution in [2.75, 3.05) is 0 Å². The number of carbonyl (C=O) groups excluding carboxylic acids is 3. The molecule has 0 aromatic heterocycles. The molecule has 188 valence electrons. The molecule has 0 aliphatic carbocycles. The van der Waals surface area contributed by atoms with Crippen molar-refractivity contribution >= 4 is 28.9 Å². The molecule has 0 aliphatic rings. The first-order chi connectivity index (χ1) is 17.3. The second kappa shape index (κ2) is 13.5. The van der Waals surface area contributed by atoms with Gasteiger partial charge in [0.2, 0.25) is 11.0 Å². The Hall–Kier alpha value is -3.58. The van der Waals surface area contributed by atoms with Crippen molar-refractivity contribution in [3.8, 4) is 0 Å². The maximum atomic E-state index is 13.3. The second-order valence-corrected chi connectivity index (χ2v) is 9.99. The lowest BCUT2D eigenvalue weighted by molar-refractivity contribution is -0.127. The molecule has 3 aromatic carbocycles. The van der Waals surface area contributed by atoms with E-state index in [9.17, 15) is 14.4 Å². The minimum absolute atomic E-state index is 0.0986. The van der Waals surface area contributed by atoms with Gasteiger partial charge >= 0.3 is 6.09 Å². The summed E-state index contributed by atoms with van der Waals surface area (Å²) in [5.41, 5.74) is 2.88. The summed E-state index contributed by atoms with van der Waals surface area (Å²) in [7, 11) is 0. The van der Waals surface area contributed by atoms with Crippen molar-refractivity contribution in [3.63, 3.8) is 0 Å². The van der Waals surface area contributed by atoms with Gasteiger partial charge in [-0.3, -0.25) is 9.59 Å². The van der Waals surface area contributed by atoms with Crippen LogP contribution in [0.5, 0.6) is 0 Å². The average Bonchev–Trinajstić information content (AvgIpc) is 2.88. The number of alkyl carbamates (subject to hydrolysis) is 1. The van der Waals surface area contributed by atoms with Gasteiger partial charge in [0.15, 0.2) is 0 Å². The standard InChI is InChI=1S/C29H32N2O4S/c1-20(2)26(31-29(34)35-19-23-12-8-5-9-13-23)27(32)30-25(18-22-10-6-4-7-11-22)28(33)36-24-16-14-21(3)15-17-24/h4-17,20,25-26H,18-19H2,1-3H3,(H,30,32)(H,31,34)/t25-,26-/m0/s1. The largest absolute Gasteiger partial charge is 0.445 e. The van der Waals surface area contributed by atoms with E-state index in [0.29, 0.717) is 6.42 Å². The van der Waals surface area contributed by atoms with Crippen LogP contribution in [0.1, 0.15) is 30.5 Å². The summed E-state index contributed by atoms with van der Waals surface area (Å²) in [5.74, 6) is -0.646. The molecule has 3 rings (SSSR count). The fourth-order valence-electron chi connectivity index (χ4n) is 3.52. The van der Waals surface area contributed by atoms with Gasteiger partial charge in [-0.2, -0.15) is 0 Å². The fraction of sp³-hybridized carbons (Fsp3) is 0.276. The quantitative estimate of drug-likeness (QED) is 0.367. The van der Waals surface area contributed by atoms with Crippen molar-refractivity contribution in [3.05, 3.63) is 102 Å². The van der Waals surface area contributed by atoms with Gasteiger partial charge in [0.05, 0.1) is 0 Å². The summed E-state index contributed by atoms with van der Waals surface area (Å²) in [6.45, 7) is 5.74. The predicted octanol–water partition coefficient (Wildman–Crippen LogP) is 5.29. The number of aryl methyl sites for hydroxylation is 1. The molecule has 7 heteroatoms. The maximum absolute atomic E-state index is 13.3. The molecule has 0 radical (unpaired) electrons.